The minimum Gasteiger partial charge on any atom is -0.368 e. The monoisotopic (exact) mass is 380 g/mol. The highest BCUT2D eigenvalue weighted by atomic mass is 79.9. The number of hydrogen-bond donors (Lipinski definition) is 4. The fourth-order valence-corrected chi connectivity index (χ4v) is 2.58. The van der Waals surface area contributed by atoms with Crippen molar-refractivity contribution in [3.8, 4) is 0 Å². The molecule has 9 heteroatoms. The van der Waals surface area contributed by atoms with Crippen LogP contribution in [0.1, 0.15) is 11.4 Å². The highest BCUT2D eigenvalue weighted by molar-refractivity contribution is 9.10. The molecule has 8 nitrogen and oxygen atoms in total. The molecule has 0 saturated carbocycles. The van der Waals surface area contributed by atoms with Gasteiger partial charge in [-0.05, 0) is 30.7 Å². The second-order valence-electron chi connectivity index (χ2n) is 5.29. The topological polar surface area (TPSA) is 124 Å². The molecule has 0 saturated heterocycles. The Bertz CT molecular complexity index is 702. The number of hydrogen-bond acceptors (Lipinski definition) is 6. The van der Waals surface area contributed by atoms with Gasteiger partial charge < -0.3 is 21.7 Å². The molecule has 0 aliphatic rings. The summed E-state index contributed by atoms with van der Waals surface area (Å²) in [5.41, 5.74) is 12.8. The third-order valence-corrected chi connectivity index (χ3v) is 3.59. The molecule has 2 aromatic rings. The average molecular weight is 381 g/mol. The Morgan fingerprint density at radius 1 is 1.26 bits per heavy atom. The van der Waals surface area contributed by atoms with E-state index < -0.39 is 0 Å². The molecule has 1 amide bonds. The van der Waals surface area contributed by atoms with Crippen LogP contribution in [0.15, 0.2) is 22.7 Å². The summed E-state index contributed by atoms with van der Waals surface area (Å²) >= 11 is 3.40. The molecular formula is C14H19BrN7O+. The molecule has 0 aliphatic carbocycles. The summed E-state index contributed by atoms with van der Waals surface area (Å²) in [4.78, 5) is 24.8. The number of benzene rings is 1. The molecular weight excluding hydrogens is 362 g/mol. The van der Waals surface area contributed by atoms with Crippen LogP contribution >= 0.6 is 15.9 Å². The van der Waals surface area contributed by atoms with Gasteiger partial charge in [0.2, 0.25) is 11.9 Å². The summed E-state index contributed by atoms with van der Waals surface area (Å²) in [6, 6.07) is 5.69. The molecule has 1 heterocycles. The Hall–Kier alpha value is -2.26. The van der Waals surface area contributed by atoms with Crippen LogP contribution in [0, 0.1) is 6.92 Å². The molecule has 0 fully saturated rings. The normalized spacial score (nSPS) is 12.0. The number of amides is 1. The lowest BCUT2D eigenvalue weighted by Crippen LogP contribution is -3.08. The van der Waals surface area contributed by atoms with Crippen molar-refractivity contribution < 1.29 is 9.69 Å². The SMILES string of the molecule is Cc1cc(Br)ccc1NC(=O)C[NH+](C)Cc1nc(N)nc(N)n1. The number of quaternary nitrogens is 1. The van der Waals surface area contributed by atoms with Gasteiger partial charge in [0.05, 0.1) is 7.05 Å². The van der Waals surface area contributed by atoms with E-state index in [9.17, 15) is 4.79 Å². The summed E-state index contributed by atoms with van der Waals surface area (Å²) < 4.78 is 0.973. The number of nitrogens with one attached hydrogen (secondary N) is 2. The van der Waals surface area contributed by atoms with Crippen molar-refractivity contribution in [2.75, 3.05) is 30.4 Å². The minimum absolute atomic E-state index is 0.0789. The molecule has 6 N–H and O–H groups in total. The molecule has 0 spiro atoms. The zero-order valence-corrected chi connectivity index (χ0v) is 14.5. The van der Waals surface area contributed by atoms with Crippen LogP contribution in [0.3, 0.4) is 0 Å². The highest BCUT2D eigenvalue weighted by Crippen LogP contribution is 2.19. The van der Waals surface area contributed by atoms with Gasteiger partial charge in [-0.2, -0.15) is 15.0 Å². The predicted octanol–water partition coefficient (Wildman–Crippen LogP) is -0.240. The summed E-state index contributed by atoms with van der Waals surface area (Å²) in [6.45, 7) is 2.62. The van der Waals surface area contributed by atoms with Crippen molar-refractivity contribution in [1.82, 2.24) is 15.0 Å². The van der Waals surface area contributed by atoms with Crippen LogP contribution < -0.4 is 21.7 Å². The molecule has 0 aliphatic heterocycles. The first kappa shape index (κ1) is 17.1. The Kier molecular flexibility index (Phi) is 5.45. The molecule has 0 bridgehead atoms. The van der Waals surface area contributed by atoms with E-state index in [1.54, 1.807) is 0 Å². The van der Waals surface area contributed by atoms with Crippen molar-refractivity contribution in [2.24, 2.45) is 0 Å². The van der Waals surface area contributed by atoms with Crippen LogP contribution in [0.4, 0.5) is 17.6 Å². The number of nitrogens with zero attached hydrogens (tertiary/aromatic N) is 3. The Morgan fingerprint density at radius 3 is 2.52 bits per heavy atom. The first-order valence-corrected chi connectivity index (χ1v) is 7.76. The lowest BCUT2D eigenvalue weighted by atomic mass is 10.2. The summed E-state index contributed by atoms with van der Waals surface area (Å²) in [7, 11) is 1.87. The number of rotatable bonds is 5. The number of aromatic nitrogens is 3. The van der Waals surface area contributed by atoms with E-state index in [0.717, 1.165) is 20.6 Å². The number of likely N-dealkylation sites (N-methyl/N-ethyl adjacent to an activating group) is 1. The van der Waals surface area contributed by atoms with Gasteiger partial charge >= 0.3 is 0 Å². The van der Waals surface area contributed by atoms with Crippen molar-refractivity contribution in [1.29, 1.82) is 0 Å². The van der Waals surface area contributed by atoms with Gasteiger partial charge in [-0.15, -0.1) is 0 Å². The molecule has 1 atom stereocenters. The summed E-state index contributed by atoms with van der Waals surface area (Å²) in [5, 5.41) is 2.89. The van der Waals surface area contributed by atoms with E-state index >= 15 is 0 Å². The number of carbonyl (C=O) groups is 1. The van der Waals surface area contributed by atoms with Crippen molar-refractivity contribution >= 4 is 39.4 Å². The Morgan fingerprint density at radius 2 is 1.91 bits per heavy atom. The first-order chi connectivity index (χ1) is 10.8. The van der Waals surface area contributed by atoms with Crippen LogP contribution in [0.5, 0.6) is 0 Å². The summed E-state index contributed by atoms with van der Waals surface area (Å²) in [5.74, 6) is 0.522. The zero-order valence-electron chi connectivity index (χ0n) is 12.9. The number of aryl methyl sites for hydroxylation is 1. The second kappa shape index (κ2) is 7.34. The molecule has 1 unspecified atom stereocenters. The minimum atomic E-state index is -0.0945. The number of anilines is 3. The Balaban J connectivity index is 1.94. The lowest BCUT2D eigenvalue weighted by Gasteiger charge is -2.14. The fourth-order valence-electron chi connectivity index (χ4n) is 2.10. The molecule has 122 valence electrons. The Labute approximate surface area is 142 Å². The summed E-state index contributed by atoms with van der Waals surface area (Å²) in [6.07, 6.45) is 0. The fraction of sp³-hybridized carbons (Fsp3) is 0.286. The van der Waals surface area contributed by atoms with Crippen LogP contribution in [0.25, 0.3) is 0 Å². The van der Waals surface area contributed by atoms with E-state index in [1.807, 2.05) is 32.2 Å². The van der Waals surface area contributed by atoms with E-state index in [-0.39, 0.29) is 24.3 Å². The van der Waals surface area contributed by atoms with E-state index in [2.05, 4.69) is 36.2 Å². The first-order valence-electron chi connectivity index (χ1n) is 6.96. The third-order valence-electron chi connectivity index (χ3n) is 3.10. The smallest absolute Gasteiger partial charge is 0.279 e. The molecule has 23 heavy (non-hydrogen) atoms. The predicted molar refractivity (Wildman–Crippen MR) is 91.6 cm³/mol. The molecule has 1 aromatic heterocycles. The molecule has 2 rings (SSSR count). The maximum Gasteiger partial charge on any atom is 0.279 e. The third kappa shape index (κ3) is 5.15. The van der Waals surface area contributed by atoms with Gasteiger partial charge in [0, 0.05) is 10.2 Å². The highest BCUT2D eigenvalue weighted by Gasteiger charge is 2.14. The van der Waals surface area contributed by atoms with Gasteiger partial charge in [-0.1, -0.05) is 15.9 Å². The van der Waals surface area contributed by atoms with Gasteiger partial charge in [-0.3, -0.25) is 4.79 Å². The van der Waals surface area contributed by atoms with Gasteiger partial charge in [0.1, 0.15) is 6.54 Å². The number of carbonyl (C=O) groups excluding carboxylic acids is 1. The average Bonchev–Trinajstić information content (AvgIpc) is 2.40. The standard InChI is InChI=1S/C14H18BrN7O/c1-8-5-9(15)3-4-10(8)18-12(23)7-22(2)6-11-19-13(16)21-14(17)20-11/h3-5H,6-7H2,1-2H3,(H,18,23)(H4,16,17,19,20,21)/p+1. The largest absolute Gasteiger partial charge is 0.368 e. The van der Waals surface area contributed by atoms with Crippen molar-refractivity contribution in [3.05, 3.63) is 34.1 Å². The zero-order chi connectivity index (χ0) is 17.0. The molecule has 0 radical (unpaired) electrons. The van der Waals surface area contributed by atoms with Crippen molar-refractivity contribution in [3.63, 3.8) is 0 Å². The van der Waals surface area contributed by atoms with Crippen LogP contribution in [-0.4, -0.2) is 34.5 Å². The van der Waals surface area contributed by atoms with Crippen LogP contribution in [-0.2, 0) is 11.3 Å². The van der Waals surface area contributed by atoms with E-state index in [1.165, 1.54) is 0 Å². The van der Waals surface area contributed by atoms with E-state index in [0.29, 0.717) is 12.4 Å². The van der Waals surface area contributed by atoms with Crippen LogP contribution in [0.2, 0.25) is 0 Å². The molecule has 1 aromatic carbocycles. The number of halogens is 1. The van der Waals surface area contributed by atoms with Gasteiger partial charge in [0.15, 0.2) is 12.4 Å². The number of nitrogens with two attached hydrogens (primary N) is 2. The number of nitrogen functional groups attached to an aromatic ring is 2. The second-order valence-corrected chi connectivity index (χ2v) is 6.20. The van der Waals surface area contributed by atoms with E-state index in [4.69, 9.17) is 11.5 Å². The van der Waals surface area contributed by atoms with Gasteiger partial charge in [-0.25, -0.2) is 0 Å². The van der Waals surface area contributed by atoms with Crippen molar-refractivity contribution in [2.45, 2.75) is 13.5 Å². The lowest BCUT2D eigenvalue weighted by molar-refractivity contribution is -0.885. The maximum absolute atomic E-state index is 12.1. The quantitative estimate of drug-likeness (QED) is 0.567. The van der Waals surface area contributed by atoms with Gasteiger partial charge in [0.25, 0.3) is 5.91 Å². The maximum atomic E-state index is 12.1.